The van der Waals surface area contributed by atoms with Gasteiger partial charge in [0.25, 0.3) is 5.91 Å². The molecule has 0 aliphatic carbocycles. The van der Waals surface area contributed by atoms with Crippen molar-refractivity contribution in [1.82, 2.24) is 20.3 Å². The lowest BCUT2D eigenvalue weighted by Gasteiger charge is -2.14. The summed E-state index contributed by atoms with van der Waals surface area (Å²) in [6.07, 6.45) is 1.26. The predicted octanol–water partition coefficient (Wildman–Crippen LogP) is 2.88. The third-order valence-electron chi connectivity index (χ3n) is 3.95. The highest BCUT2D eigenvalue weighted by Gasteiger charge is 2.17. The van der Waals surface area contributed by atoms with E-state index in [1.807, 2.05) is 26.0 Å². The van der Waals surface area contributed by atoms with Crippen molar-refractivity contribution in [3.05, 3.63) is 52.4 Å². The number of nitrogens with one attached hydrogen (secondary N) is 2. The number of para-hydroxylation sites is 1. The number of nitrogens with two attached hydrogens (primary N) is 1. The van der Waals surface area contributed by atoms with Crippen LogP contribution >= 0.6 is 11.6 Å². The van der Waals surface area contributed by atoms with Gasteiger partial charge in [-0.15, -0.1) is 0 Å². The molecule has 0 fully saturated rings. The minimum atomic E-state index is -0.246. The Labute approximate surface area is 166 Å². The summed E-state index contributed by atoms with van der Waals surface area (Å²) in [6.45, 7) is 3.90. The van der Waals surface area contributed by atoms with Crippen molar-refractivity contribution in [2.75, 3.05) is 11.1 Å². The van der Waals surface area contributed by atoms with Crippen LogP contribution in [-0.2, 0) is 6.54 Å². The van der Waals surface area contributed by atoms with E-state index in [0.717, 1.165) is 5.39 Å². The fourth-order valence-corrected chi connectivity index (χ4v) is 2.91. The molecule has 0 aliphatic heterocycles. The van der Waals surface area contributed by atoms with E-state index in [1.165, 1.54) is 6.33 Å². The number of hydrogen-bond acceptors (Lipinski definition) is 7. The molecule has 3 aromatic rings. The predicted molar refractivity (Wildman–Crippen MR) is 108 cm³/mol. The molecule has 0 bridgehead atoms. The Kier molecular flexibility index (Phi) is 5.57. The maximum absolute atomic E-state index is 12.7. The van der Waals surface area contributed by atoms with Gasteiger partial charge in [0.15, 0.2) is 0 Å². The molecular weight excluding hydrogens is 378 g/mol. The van der Waals surface area contributed by atoms with Crippen molar-refractivity contribution < 1.29 is 4.79 Å². The molecule has 8 nitrogen and oxygen atoms in total. The molecule has 0 saturated carbocycles. The largest absolute Gasteiger partial charge is 0.382 e. The topological polar surface area (TPSA) is 130 Å². The summed E-state index contributed by atoms with van der Waals surface area (Å²) in [4.78, 5) is 25.1. The molecule has 0 aliphatic rings. The summed E-state index contributed by atoms with van der Waals surface area (Å²) >= 11 is 6.27. The van der Waals surface area contributed by atoms with Gasteiger partial charge in [-0.25, -0.2) is 15.0 Å². The van der Waals surface area contributed by atoms with Crippen LogP contribution in [0.5, 0.6) is 0 Å². The van der Waals surface area contributed by atoms with Gasteiger partial charge < -0.3 is 16.4 Å². The fourth-order valence-electron chi connectivity index (χ4n) is 2.68. The Morgan fingerprint density at radius 1 is 1.36 bits per heavy atom. The number of carbonyl (C=O) groups is 1. The smallest absolute Gasteiger partial charge is 0.253 e. The van der Waals surface area contributed by atoms with E-state index in [0.29, 0.717) is 21.8 Å². The first kappa shape index (κ1) is 19.3. The molecule has 3 rings (SSSR count). The number of pyridine rings is 1. The first-order valence-electron chi connectivity index (χ1n) is 8.54. The molecule has 28 heavy (non-hydrogen) atoms. The highest BCUT2D eigenvalue weighted by atomic mass is 35.5. The van der Waals surface area contributed by atoms with Gasteiger partial charge in [0.1, 0.15) is 29.6 Å². The van der Waals surface area contributed by atoms with Crippen molar-refractivity contribution >= 4 is 40.0 Å². The number of halogens is 1. The van der Waals surface area contributed by atoms with Crippen LogP contribution in [0, 0.1) is 11.3 Å². The summed E-state index contributed by atoms with van der Waals surface area (Å²) in [6, 6.07) is 9.07. The molecule has 0 spiro atoms. The second kappa shape index (κ2) is 8.06. The van der Waals surface area contributed by atoms with Crippen LogP contribution in [0.25, 0.3) is 10.9 Å². The van der Waals surface area contributed by atoms with E-state index in [4.69, 9.17) is 17.3 Å². The molecule has 142 valence electrons. The zero-order valence-corrected chi connectivity index (χ0v) is 16.1. The highest BCUT2D eigenvalue weighted by Crippen LogP contribution is 2.25. The van der Waals surface area contributed by atoms with Crippen molar-refractivity contribution in [1.29, 1.82) is 5.26 Å². The molecule has 0 unspecified atom stereocenters. The first-order chi connectivity index (χ1) is 13.4. The molecule has 4 N–H and O–H groups in total. The third kappa shape index (κ3) is 3.94. The third-order valence-corrected chi connectivity index (χ3v) is 4.26. The lowest BCUT2D eigenvalue weighted by atomic mass is 10.1. The van der Waals surface area contributed by atoms with Crippen molar-refractivity contribution in [2.45, 2.75) is 26.4 Å². The molecular formula is C19H18ClN7O. The van der Waals surface area contributed by atoms with Crippen LogP contribution in [0.3, 0.4) is 0 Å². The quantitative estimate of drug-likeness (QED) is 0.605. The zero-order valence-electron chi connectivity index (χ0n) is 15.3. The van der Waals surface area contributed by atoms with E-state index in [1.54, 1.807) is 18.2 Å². The van der Waals surface area contributed by atoms with Gasteiger partial charge in [-0.05, 0) is 26.0 Å². The van der Waals surface area contributed by atoms with Crippen molar-refractivity contribution in [3.8, 4) is 6.07 Å². The van der Waals surface area contributed by atoms with Crippen molar-refractivity contribution in [2.24, 2.45) is 0 Å². The highest BCUT2D eigenvalue weighted by molar-refractivity contribution is 6.35. The number of benzene rings is 1. The number of carbonyl (C=O) groups excluding carboxylic acids is 1. The number of nitrogen functional groups attached to an aromatic ring is 1. The summed E-state index contributed by atoms with van der Waals surface area (Å²) in [5.74, 6) is 0.0995. The molecule has 0 atom stereocenters. The second-order valence-electron chi connectivity index (χ2n) is 6.37. The maximum Gasteiger partial charge on any atom is 0.253 e. The second-order valence-corrected chi connectivity index (χ2v) is 6.78. The lowest BCUT2D eigenvalue weighted by Crippen LogP contribution is -2.31. The van der Waals surface area contributed by atoms with E-state index in [2.05, 4.69) is 25.6 Å². The summed E-state index contributed by atoms with van der Waals surface area (Å²) in [5, 5.41) is 16.4. The molecule has 0 radical (unpaired) electrons. The fraction of sp³-hybridized carbons (Fsp3) is 0.211. The van der Waals surface area contributed by atoms with Crippen LogP contribution < -0.4 is 16.4 Å². The average molecular weight is 396 g/mol. The first-order valence-corrected chi connectivity index (χ1v) is 8.92. The monoisotopic (exact) mass is 395 g/mol. The van der Waals surface area contributed by atoms with Gasteiger partial charge in [0, 0.05) is 11.4 Å². The number of fused-ring (bicyclic) bond motifs is 1. The van der Waals surface area contributed by atoms with Crippen LogP contribution in [0.15, 0.2) is 30.6 Å². The zero-order chi connectivity index (χ0) is 20.3. The molecule has 2 aromatic heterocycles. The Hall–Kier alpha value is -3.44. The number of aromatic nitrogens is 3. The van der Waals surface area contributed by atoms with Crippen LogP contribution in [0.4, 0.5) is 11.6 Å². The Balaban J connectivity index is 2.03. The number of amides is 1. The van der Waals surface area contributed by atoms with E-state index in [9.17, 15) is 10.1 Å². The van der Waals surface area contributed by atoms with Gasteiger partial charge in [0.05, 0.1) is 28.3 Å². The molecule has 2 heterocycles. The minimum absolute atomic E-state index is 0.0322. The van der Waals surface area contributed by atoms with Crippen molar-refractivity contribution in [3.63, 3.8) is 0 Å². The summed E-state index contributed by atoms with van der Waals surface area (Å²) in [5.41, 5.74) is 7.32. The van der Waals surface area contributed by atoms with Crippen LogP contribution in [-0.4, -0.2) is 26.9 Å². The number of rotatable bonds is 5. The van der Waals surface area contributed by atoms with Crippen LogP contribution in [0.2, 0.25) is 5.02 Å². The molecule has 0 saturated heterocycles. The number of anilines is 2. The number of hydrogen-bond donors (Lipinski definition) is 3. The SMILES string of the molecule is CC(C)NC(=O)c1cc2cccc(Cl)c2nc1CNc1ncnc(N)c1C#N. The number of nitriles is 1. The van der Waals surface area contributed by atoms with E-state index < -0.39 is 0 Å². The van der Waals surface area contributed by atoms with Gasteiger partial charge in [-0.3, -0.25) is 4.79 Å². The lowest BCUT2D eigenvalue weighted by molar-refractivity contribution is 0.0942. The normalized spacial score (nSPS) is 10.7. The Morgan fingerprint density at radius 2 is 2.14 bits per heavy atom. The van der Waals surface area contributed by atoms with Gasteiger partial charge >= 0.3 is 0 Å². The Bertz CT molecular complexity index is 1090. The number of nitrogens with zero attached hydrogens (tertiary/aromatic N) is 4. The minimum Gasteiger partial charge on any atom is -0.382 e. The standard InChI is InChI=1S/C19H18ClN7O/c1-10(2)26-19(28)12-6-11-4-3-5-14(20)16(11)27-15(12)8-23-18-13(7-21)17(22)24-9-25-18/h3-6,9-10H,8H2,1-2H3,(H,26,28)(H3,22,23,24,25). The van der Waals surface area contributed by atoms with E-state index >= 15 is 0 Å². The van der Waals surface area contributed by atoms with E-state index in [-0.39, 0.29) is 35.7 Å². The molecule has 9 heteroatoms. The van der Waals surface area contributed by atoms with Gasteiger partial charge in [0.2, 0.25) is 0 Å². The van der Waals surface area contributed by atoms with Crippen LogP contribution in [0.1, 0.15) is 35.5 Å². The average Bonchev–Trinajstić information content (AvgIpc) is 2.65. The Morgan fingerprint density at radius 3 is 2.86 bits per heavy atom. The van der Waals surface area contributed by atoms with Gasteiger partial charge in [-0.2, -0.15) is 5.26 Å². The maximum atomic E-state index is 12.7. The summed E-state index contributed by atoms with van der Waals surface area (Å²) in [7, 11) is 0. The molecule has 1 aromatic carbocycles. The molecule has 1 amide bonds. The van der Waals surface area contributed by atoms with Gasteiger partial charge in [-0.1, -0.05) is 23.7 Å². The summed E-state index contributed by atoms with van der Waals surface area (Å²) < 4.78 is 0.